The van der Waals surface area contributed by atoms with Gasteiger partial charge in [-0.25, -0.2) is 0 Å². The number of rotatable bonds is 14. The standard InChI is InChI=1S/C26H34O5/c1-21(11-9-17-30-23-13-5-3-6-14-23)25(27)19-29-20-26(28)22(2)12-10-18-31-24-15-7-4-8-16-24/h3-8,13-16,27-28H,9-12,17-20H2,1-2H3. The van der Waals surface area contributed by atoms with Gasteiger partial charge < -0.3 is 24.4 Å². The molecule has 0 saturated carbocycles. The number of aliphatic hydroxyl groups is 2. The third kappa shape index (κ3) is 10.1. The van der Waals surface area contributed by atoms with Gasteiger partial charge in [-0.15, -0.1) is 0 Å². The molecule has 5 nitrogen and oxygen atoms in total. The zero-order chi connectivity index (χ0) is 22.3. The maximum Gasteiger partial charge on any atom is 0.119 e. The van der Waals surface area contributed by atoms with Crippen LogP contribution in [0.1, 0.15) is 39.5 Å². The highest BCUT2D eigenvalue weighted by atomic mass is 16.5. The van der Waals surface area contributed by atoms with Crippen molar-refractivity contribution in [2.75, 3.05) is 26.4 Å². The fraction of sp³-hybridized carbons (Fsp3) is 0.385. The van der Waals surface area contributed by atoms with Gasteiger partial charge in [-0.2, -0.15) is 0 Å². The van der Waals surface area contributed by atoms with Gasteiger partial charge in [-0.3, -0.25) is 0 Å². The zero-order valence-corrected chi connectivity index (χ0v) is 18.5. The summed E-state index contributed by atoms with van der Waals surface area (Å²) in [5.41, 5.74) is 1.74. The third-order valence-electron chi connectivity index (χ3n) is 4.88. The van der Waals surface area contributed by atoms with Gasteiger partial charge in [0.25, 0.3) is 0 Å². The molecule has 0 unspecified atom stereocenters. The van der Waals surface area contributed by atoms with Crippen LogP contribution in [0.3, 0.4) is 0 Å². The molecule has 0 aliphatic rings. The number of para-hydroxylation sites is 2. The van der Waals surface area contributed by atoms with Crippen LogP contribution in [0.25, 0.3) is 0 Å². The first-order valence-corrected chi connectivity index (χ1v) is 10.7. The van der Waals surface area contributed by atoms with E-state index in [1.165, 1.54) is 0 Å². The lowest BCUT2D eigenvalue weighted by Gasteiger charge is -2.10. The minimum Gasteiger partial charge on any atom is -0.510 e. The Morgan fingerprint density at radius 3 is 1.42 bits per heavy atom. The van der Waals surface area contributed by atoms with E-state index < -0.39 is 0 Å². The Morgan fingerprint density at radius 2 is 1.03 bits per heavy atom. The maximum absolute atomic E-state index is 10.2. The van der Waals surface area contributed by atoms with E-state index >= 15 is 0 Å². The van der Waals surface area contributed by atoms with E-state index in [0.717, 1.165) is 48.3 Å². The fourth-order valence-corrected chi connectivity index (χ4v) is 2.87. The van der Waals surface area contributed by atoms with Gasteiger partial charge in [0.15, 0.2) is 0 Å². The number of allylic oxidation sites excluding steroid dienone is 2. The van der Waals surface area contributed by atoms with E-state index in [0.29, 0.717) is 13.2 Å². The predicted octanol–water partition coefficient (Wildman–Crippen LogP) is 6.39. The second-order valence-corrected chi connectivity index (χ2v) is 7.48. The van der Waals surface area contributed by atoms with Crippen LogP contribution in [0.15, 0.2) is 83.3 Å². The number of hydrogen-bond acceptors (Lipinski definition) is 5. The van der Waals surface area contributed by atoms with Crippen LogP contribution in [-0.2, 0) is 4.74 Å². The highest BCUT2D eigenvalue weighted by Crippen LogP contribution is 2.14. The Kier molecular flexibility index (Phi) is 11.1. The van der Waals surface area contributed by atoms with Gasteiger partial charge in [-0.05, 0) is 74.9 Å². The molecule has 0 radical (unpaired) electrons. The first kappa shape index (κ1) is 24.4. The molecule has 2 rings (SSSR count). The van der Waals surface area contributed by atoms with Crippen molar-refractivity contribution in [1.29, 1.82) is 0 Å². The molecule has 2 aromatic rings. The normalized spacial score (nSPS) is 12.7. The monoisotopic (exact) mass is 426 g/mol. The minimum absolute atomic E-state index is 0.0832. The Hall–Kier alpha value is -2.92. The van der Waals surface area contributed by atoms with E-state index in [4.69, 9.17) is 14.2 Å². The van der Waals surface area contributed by atoms with Gasteiger partial charge in [-0.1, -0.05) is 36.4 Å². The van der Waals surface area contributed by atoms with Crippen molar-refractivity contribution in [3.05, 3.63) is 83.3 Å². The van der Waals surface area contributed by atoms with Gasteiger partial charge in [0.1, 0.15) is 36.2 Å². The van der Waals surface area contributed by atoms with Gasteiger partial charge >= 0.3 is 0 Å². The molecule has 0 aliphatic heterocycles. The molecule has 0 saturated heterocycles. The summed E-state index contributed by atoms with van der Waals surface area (Å²) >= 11 is 0. The van der Waals surface area contributed by atoms with Crippen LogP contribution in [0.2, 0.25) is 0 Å². The topological polar surface area (TPSA) is 68.2 Å². The molecule has 2 N–H and O–H groups in total. The van der Waals surface area contributed by atoms with E-state index in [2.05, 4.69) is 0 Å². The molecule has 31 heavy (non-hydrogen) atoms. The molecule has 5 heteroatoms. The fourth-order valence-electron chi connectivity index (χ4n) is 2.87. The van der Waals surface area contributed by atoms with Crippen LogP contribution in [0.4, 0.5) is 0 Å². The van der Waals surface area contributed by atoms with Crippen molar-refractivity contribution in [2.24, 2.45) is 0 Å². The summed E-state index contributed by atoms with van der Waals surface area (Å²) in [5, 5.41) is 20.3. The number of ether oxygens (including phenoxy) is 3. The highest BCUT2D eigenvalue weighted by Gasteiger charge is 2.05. The van der Waals surface area contributed by atoms with Crippen LogP contribution in [0, 0.1) is 0 Å². The number of aliphatic hydroxyl groups excluding tert-OH is 2. The summed E-state index contributed by atoms with van der Waals surface area (Å²) in [6.45, 7) is 5.11. The van der Waals surface area contributed by atoms with Crippen molar-refractivity contribution in [2.45, 2.75) is 39.5 Å². The van der Waals surface area contributed by atoms with E-state index in [9.17, 15) is 10.2 Å². The minimum atomic E-state index is 0.0832. The smallest absolute Gasteiger partial charge is 0.119 e. The second-order valence-electron chi connectivity index (χ2n) is 7.48. The lowest BCUT2D eigenvalue weighted by atomic mass is 10.1. The third-order valence-corrected chi connectivity index (χ3v) is 4.88. The Bertz CT molecular complexity index is 743. The molecule has 0 fully saturated rings. The van der Waals surface area contributed by atoms with Crippen LogP contribution in [-0.4, -0.2) is 36.6 Å². The van der Waals surface area contributed by atoms with Crippen LogP contribution < -0.4 is 9.47 Å². The zero-order valence-electron chi connectivity index (χ0n) is 18.5. The van der Waals surface area contributed by atoms with E-state index in [1.54, 1.807) is 0 Å². The van der Waals surface area contributed by atoms with Crippen molar-refractivity contribution in [3.63, 3.8) is 0 Å². The quantitative estimate of drug-likeness (QED) is 0.271. The summed E-state index contributed by atoms with van der Waals surface area (Å²) in [4.78, 5) is 0. The average molecular weight is 427 g/mol. The highest BCUT2D eigenvalue weighted by molar-refractivity contribution is 5.21. The van der Waals surface area contributed by atoms with Crippen molar-refractivity contribution in [1.82, 2.24) is 0 Å². The molecule has 0 spiro atoms. The molecule has 0 bridgehead atoms. The lowest BCUT2D eigenvalue weighted by molar-refractivity contribution is 0.119. The molecule has 2 aromatic carbocycles. The molecule has 168 valence electrons. The average Bonchev–Trinajstić information content (AvgIpc) is 2.80. The molecule has 0 aliphatic carbocycles. The van der Waals surface area contributed by atoms with Crippen molar-refractivity contribution < 1.29 is 24.4 Å². The predicted molar refractivity (Wildman–Crippen MR) is 124 cm³/mol. The summed E-state index contributed by atoms with van der Waals surface area (Å²) in [6.07, 6.45) is 3.06. The number of hydrogen-bond donors (Lipinski definition) is 2. The van der Waals surface area contributed by atoms with Crippen LogP contribution in [0.5, 0.6) is 11.5 Å². The lowest BCUT2D eigenvalue weighted by Crippen LogP contribution is -2.06. The molecular weight excluding hydrogens is 392 g/mol. The Morgan fingerprint density at radius 1 is 0.645 bits per heavy atom. The first-order valence-electron chi connectivity index (χ1n) is 10.7. The number of benzene rings is 2. The Labute approximate surface area is 185 Å². The van der Waals surface area contributed by atoms with Gasteiger partial charge in [0.05, 0.1) is 13.2 Å². The van der Waals surface area contributed by atoms with E-state index in [1.807, 2.05) is 74.5 Å². The van der Waals surface area contributed by atoms with Crippen LogP contribution >= 0.6 is 0 Å². The largest absolute Gasteiger partial charge is 0.510 e. The summed E-state index contributed by atoms with van der Waals surface area (Å²) in [5.74, 6) is 2.12. The molecule has 0 aromatic heterocycles. The molecule has 0 heterocycles. The maximum atomic E-state index is 10.2. The second kappa shape index (κ2) is 14.1. The van der Waals surface area contributed by atoms with Gasteiger partial charge in [0.2, 0.25) is 0 Å². The van der Waals surface area contributed by atoms with Crippen molar-refractivity contribution in [3.8, 4) is 11.5 Å². The first-order chi connectivity index (χ1) is 15.1. The molecular formula is C26H34O5. The summed E-state index contributed by atoms with van der Waals surface area (Å²) in [7, 11) is 0. The van der Waals surface area contributed by atoms with E-state index in [-0.39, 0.29) is 24.7 Å². The Balaban J connectivity index is 1.60. The SMILES string of the molecule is CC(CCCOc1ccccc1)=C(O)COCC(O)=C(C)CCCOc1ccccc1. The molecule has 0 atom stereocenters. The van der Waals surface area contributed by atoms with Crippen molar-refractivity contribution >= 4 is 0 Å². The summed E-state index contributed by atoms with van der Waals surface area (Å²) in [6, 6.07) is 19.3. The van der Waals surface area contributed by atoms with Gasteiger partial charge in [0, 0.05) is 0 Å². The molecule has 0 amide bonds. The summed E-state index contributed by atoms with van der Waals surface area (Å²) < 4.78 is 16.8.